The maximum atomic E-state index is 12.4. The van der Waals surface area contributed by atoms with Crippen molar-refractivity contribution in [3.05, 3.63) is 63.6 Å². The third-order valence-electron chi connectivity index (χ3n) is 4.99. The number of nitrogens with one attached hydrogen (secondary N) is 1. The maximum Gasteiger partial charge on any atom is 0.321 e. The molecule has 2 aromatic rings. The second-order valence-corrected chi connectivity index (χ2v) is 7.65. The van der Waals surface area contributed by atoms with E-state index in [2.05, 4.69) is 33.4 Å². The van der Waals surface area contributed by atoms with Crippen LogP contribution in [0, 0.1) is 5.92 Å². The number of hydrogen-bond donors (Lipinski definition) is 1. The van der Waals surface area contributed by atoms with Crippen LogP contribution in [0.4, 0.5) is 10.5 Å². The van der Waals surface area contributed by atoms with Gasteiger partial charge in [-0.2, -0.15) is 0 Å². The van der Waals surface area contributed by atoms with Crippen LogP contribution in [0.2, 0.25) is 0 Å². The largest absolute Gasteiger partial charge is 0.324 e. The number of halogens is 1. The van der Waals surface area contributed by atoms with E-state index in [0.29, 0.717) is 12.3 Å². The summed E-state index contributed by atoms with van der Waals surface area (Å²) in [6.07, 6.45) is 2.33. The summed E-state index contributed by atoms with van der Waals surface area (Å²) >= 11 is 3.58. The number of amides is 2. The van der Waals surface area contributed by atoms with E-state index >= 15 is 0 Å². The van der Waals surface area contributed by atoms with Gasteiger partial charge in [0, 0.05) is 35.2 Å². The van der Waals surface area contributed by atoms with E-state index in [1.807, 2.05) is 35.2 Å². The Morgan fingerprint density at radius 1 is 1.16 bits per heavy atom. The first-order chi connectivity index (χ1) is 12.1. The second-order valence-electron chi connectivity index (χ2n) is 6.79. The Bertz CT molecular complexity index is 843. The van der Waals surface area contributed by atoms with E-state index in [4.69, 9.17) is 0 Å². The molecule has 2 aliphatic rings. The molecule has 4 rings (SSSR count). The third kappa shape index (κ3) is 3.33. The molecule has 25 heavy (non-hydrogen) atoms. The van der Waals surface area contributed by atoms with Crippen molar-refractivity contribution in [2.75, 3.05) is 18.4 Å². The quantitative estimate of drug-likeness (QED) is 0.838. The summed E-state index contributed by atoms with van der Waals surface area (Å²) in [6.45, 7) is 1.55. The predicted molar refractivity (Wildman–Crippen MR) is 101 cm³/mol. The molecule has 1 heterocycles. The van der Waals surface area contributed by atoms with E-state index in [9.17, 15) is 9.59 Å². The van der Waals surface area contributed by atoms with Crippen LogP contribution < -0.4 is 5.32 Å². The van der Waals surface area contributed by atoms with Gasteiger partial charge in [-0.1, -0.05) is 34.1 Å². The molecule has 2 amide bonds. The molecule has 0 spiro atoms. The van der Waals surface area contributed by atoms with Gasteiger partial charge in [0.05, 0.1) is 0 Å². The predicted octanol–water partition coefficient (Wildman–Crippen LogP) is 4.28. The number of aryl methyl sites for hydroxylation is 1. The van der Waals surface area contributed by atoms with Gasteiger partial charge in [-0.15, -0.1) is 0 Å². The summed E-state index contributed by atoms with van der Waals surface area (Å²) in [4.78, 5) is 25.9. The third-order valence-corrected chi connectivity index (χ3v) is 5.76. The average Bonchev–Trinajstić information content (AvgIpc) is 2.92. The van der Waals surface area contributed by atoms with E-state index < -0.39 is 0 Å². The summed E-state index contributed by atoms with van der Waals surface area (Å²) in [7, 11) is 0. The molecule has 128 valence electrons. The fourth-order valence-corrected chi connectivity index (χ4v) is 4.02. The van der Waals surface area contributed by atoms with Crippen LogP contribution in [0.5, 0.6) is 0 Å². The maximum absolute atomic E-state index is 12.4. The van der Waals surface area contributed by atoms with Crippen LogP contribution in [-0.4, -0.2) is 29.8 Å². The molecule has 1 N–H and O–H groups in total. The number of likely N-dealkylation sites (tertiary alicyclic amines) is 1. The van der Waals surface area contributed by atoms with Crippen molar-refractivity contribution >= 4 is 33.4 Å². The number of rotatable bonds is 3. The Balaban J connectivity index is 1.32. The average molecular weight is 399 g/mol. The summed E-state index contributed by atoms with van der Waals surface area (Å²) in [5, 5.41) is 2.95. The molecule has 1 aliphatic carbocycles. The number of urea groups is 1. The number of carbonyl (C=O) groups excluding carboxylic acids is 2. The van der Waals surface area contributed by atoms with Crippen LogP contribution >= 0.6 is 15.9 Å². The molecule has 0 atom stereocenters. The molecule has 0 aromatic heterocycles. The lowest BCUT2D eigenvalue weighted by Gasteiger charge is -2.39. The van der Waals surface area contributed by atoms with Crippen molar-refractivity contribution in [2.24, 2.45) is 5.92 Å². The zero-order valence-electron chi connectivity index (χ0n) is 13.8. The Morgan fingerprint density at radius 3 is 2.76 bits per heavy atom. The topological polar surface area (TPSA) is 49.4 Å². The molecule has 1 fully saturated rings. The lowest BCUT2D eigenvalue weighted by molar-refractivity contribution is 0.0994. The first-order valence-electron chi connectivity index (χ1n) is 8.55. The Hall–Kier alpha value is -2.14. The first-order valence-corrected chi connectivity index (χ1v) is 9.35. The van der Waals surface area contributed by atoms with Crippen LogP contribution in [0.15, 0.2) is 46.9 Å². The smallest absolute Gasteiger partial charge is 0.321 e. The van der Waals surface area contributed by atoms with Crippen molar-refractivity contribution in [3.63, 3.8) is 0 Å². The highest BCUT2D eigenvalue weighted by Crippen LogP contribution is 2.27. The number of benzene rings is 2. The van der Waals surface area contributed by atoms with E-state index in [1.54, 1.807) is 0 Å². The second kappa shape index (κ2) is 6.64. The Morgan fingerprint density at radius 2 is 1.96 bits per heavy atom. The molecule has 0 radical (unpaired) electrons. The number of Topliss-reactive ketones (excluding diaryl/α,β-unsaturated/α-hetero) is 1. The normalized spacial score (nSPS) is 16.5. The number of nitrogens with zero attached hydrogens (tertiary/aromatic N) is 1. The number of hydrogen-bond acceptors (Lipinski definition) is 2. The zero-order valence-corrected chi connectivity index (χ0v) is 15.4. The van der Waals surface area contributed by atoms with Crippen molar-refractivity contribution in [1.82, 2.24) is 4.90 Å². The highest BCUT2D eigenvalue weighted by atomic mass is 79.9. The number of ketones is 1. The number of anilines is 1. The fourth-order valence-electron chi connectivity index (χ4n) is 3.58. The SMILES string of the molecule is O=C1CCc2cc(NC(=O)N3CC(Cc4ccccc4Br)C3)ccc21. The van der Waals surface area contributed by atoms with E-state index in [1.165, 1.54) is 5.56 Å². The summed E-state index contributed by atoms with van der Waals surface area (Å²) in [5.41, 5.74) is 3.90. The first kappa shape index (κ1) is 16.3. The van der Waals surface area contributed by atoms with Crippen LogP contribution in [0.25, 0.3) is 0 Å². The monoisotopic (exact) mass is 398 g/mol. The van der Waals surface area contributed by atoms with Gasteiger partial charge in [-0.3, -0.25) is 4.79 Å². The van der Waals surface area contributed by atoms with Crippen LogP contribution in [-0.2, 0) is 12.8 Å². The number of carbonyl (C=O) groups is 2. The van der Waals surface area contributed by atoms with Gasteiger partial charge in [-0.25, -0.2) is 4.79 Å². The zero-order chi connectivity index (χ0) is 17.4. The van der Waals surface area contributed by atoms with Gasteiger partial charge in [0.15, 0.2) is 5.78 Å². The molecule has 4 nitrogen and oxygen atoms in total. The van der Waals surface area contributed by atoms with Crippen molar-refractivity contribution < 1.29 is 9.59 Å². The van der Waals surface area contributed by atoms with Gasteiger partial charge in [0.1, 0.15) is 0 Å². The lowest BCUT2D eigenvalue weighted by atomic mass is 9.92. The molecule has 0 bridgehead atoms. The Kier molecular flexibility index (Phi) is 4.34. The van der Waals surface area contributed by atoms with Gasteiger partial charge >= 0.3 is 6.03 Å². The lowest BCUT2D eigenvalue weighted by Crippen LogP contribution is -2.52. The molecule has 0 unspecified atom stereocenters. The molecule has 0 saturated carbocycles. The van der Waals surface area contributed by atoms with E-state index in [0.717, 1.165) is 47.2 Å². The standard InChI is InChI=1S/C20H19BrN2O2/c21-18-4-2-1-3-15(18)9-13-11-23(12-13)20(25)22-16-6-7-17-14(10-16)5-8-19(17)24/h1-4,6-7,10,13H,5,8-9,11-12H2,(H,22,25). The Labute approximate surface area is 155 Å². The molecular formula is C20H19BrN2O2. The number of fused-ring (bicyclic) bond motifs is 1. The molecule has 1 aliphatic heterocycles. The fraction of sp³-hybridized carbons (Fsp3) is 0.300. The van der Waals surface area contributed by atoms with Crippen molar-refractivity contribution in [1.29, 1.82) is 0 Å². The van der Waals surface area contributed by atoms with Crippen molar-refractivity contribution in [2.45, 2.75) is 19.3 Å². The van der Waals surface area contributed by atoms with Gasteiger partial charge in [-0.05, 0) is 54.2 Å². The minimum absolute atomic E-state index is 0.0624. The molecular weight excluding hydrogens is 380 g/mol. The molecule has 1 saturated heterocycles. The van der Waals surface area contributed by atoms with E-state index in [-0.39, 0.29) is 11.8 Å². The van der Waals surface area contributed by atoms with Crippen molar-refractivity contribution in [3.8, 4) is 0 Å². The van der Waals surface area contributed by atoms with Crippen LogP contribution in [0.3, 0.4) is 0 Å². The summed E-state index contributed by atoms with van der Waals surface area (Å²) in [6, 6.07) is 13.7. The highest BCUT2D eigenvalue weighted by molar-refractivity contribution is 9.10. The highest BCUT2D eigenvalue weighted by Gasteiger charge is 2.31. The minimum atomic E-state index is -0.0624. The van der Waals surface area contributed by atoms with Crippen LogP contribution in [0.1, 0.15) is 27.9 Å². The summed E-state index contributed by atoms with van der Waals surface area (Å²) < 4.78 is 1.13. The molecule has 5 heteroatoms. The van der Waals surface area contributed by atoms with Gasteiger partial charge < -0.3 is 10.2 Å². The van der Waals surface area contributed by atoms with Gasteiger partial charge in [0.25, 0.3) is 0 Å². The van der Waals surface area contributed by atoms with Gasteiger partial charge in [0.2, 0.25) is 0 Å². The minimum Gasteiger partial charge on any atom is -0.324 e. The summed E-state index contributed by atoms with van der Waals surface area (Å²) in [5.74, 6) is 0.702. The molecule has 2 aromatic carbocycles.